The molecule has 2 N–H and O–H groups in total. The SMILES string of the molecule is COC(=O)c1cc2c([nH]c3ccccc32)c(C2Nc3ccccc3C(=O)N2c2ccccc2)n1. The smallest absolute Gasteiger partial charge is 0.356 e. The molecule has 0 bridgehead atoms. The first-order chi connectivity index (χ1) is 16.7. The van der Waals surface area contributed by atoms with Crippen molar-refractivity contribution in [2.24, 2.45) is 0 Å². The Bertz CT molecular complexity index is 1580. The van der Waals surface area contributed by atoms with Crippen LogP contribution in [0.25, 0.3) is 21.8 Å². The normalized spacial score (nSPS) is 15.3. The van der Waals surface area contributed by atoms with Crippen LogP contribution in [0, 0.1) is 0 Å². The number of esters is 1. The van der Waals surface area contributed by atoms with E-state index in [2.05, 4.69) is 10.3 Å². The third-order valence-corrected chi connectivity index (χ3v) is 6.14. The molecule has 6 rings (SSSR count). The van der Waals surface area contributed by atoms with Crippen LogP contribution < -0.4 is 10.2 Å². The van der Waals surface area contributed by atoms with Crippen LogP contribution in [0.2, 0.25) is 0 Å². The minimum atomic E-state index is -0.662. The number of rotatable bonds is 3. The number of aromatic amines is 1. The number of pyridine rings is 1. The minimum Gasteiger partial charge on any atom is -0.464 e. The van der Waals surface area contributed by atoms with E-state index in [1.165, 1.54) is 7.11 Å². The van der Waals surface area contributed by atoms with E-state index in [0.29, 0.717) is 22.6 Å². The van der Waals surface area contributed by atoms with E-state index < -0.39 is 12.1 Å². The summed E-state index contributed by atoms with van der Waals surface area (Å²) in [5.74, 6) is -0.692. The van der Waals surface area contributed by atoms with Gasteiger partial charge >= 0.3 is 5.97 Å². The predicted octanol–water partition coefficient (Wildman–Crippen LogP) is 5.27. The van der Waals surface area contributed by atoms with Gasteiger partial charge in [-0.05, 0) is 36.4 Å². The molecule has 0 aliphatic carbocycles. The molecule has 1 aliphatic rings. The number of fused-ring (bicyclic) bond motifs is 4. The van der Waals surface area contributed by atoms with E-state index in [4.69, 9.17) is 9.72 Å². The predicted molar refractivity (Wildman–Crippen MR) is 131 cm³/mol. The van der Waals surface area contributed by atoms with Crippen molar-refractivity contribution in [3.05, 3.63) is 102 Å². The molecule has 1 aliphatic heterocycles. The van der Waals surface area contributed by atoms with Gasteiger partial charge in [-0.3, -0.25) is 9.69 Å². The van der Waals surface area contributed by atoms with Gasteiger partial charge in [-0.15, -0.1) is 0 Å². The summed E-state index contributed by atoms with van der Waals surface area (Å²) in [4.78, 5) is 36.1. The van der Waals surface area contributed by atoms with Crippen LogP contribution in [-0.2, 0) is 4.74 Å². The van der Waals surface area contributed by atoms with Crippen LogP contribution in [-0.4, -0.2) is 29.0 Å². The van der Waals surface area contributed by atoms with E-state index in [1.54, 1.807) is 17.0 Å². The van der Waals surface area contributed by atoms with Gasteiger partial charge in [0.25, 0.3) is 5.91 Å². The first-order valence-electron chi connectivity index (χ1n) is 10.9. The second-order valence-electron chi connectivity index (χ2n) is 8.08. The van der Waals surface area contributed by atoms with Crippen molar-refractivity contribution in [1.82, 2.24) is 9.97 Å². The lowest BCUT2D eigenvalue weighted by atomic mass is 10.0. The molecular formula is C27H20N4O3. The number of nitrogens with one attached hydrogen (secondary N) is 2. The van der Waals surface area contributed by atoms with Gasteiger partial charge in [0, 0.05) is 27.7 Å². The molecule has 0 radical (unpaired) electrons. The molecule has 0 saturated carbocycles. The maximum absolute atomic E-state index is 13.7. The topological polar surface area (TPSA) is 87.3 Å². The Labute approximate surface area is 195 Å². The van der Waals surface area contributed by atoms with Crippen molar-refractivity contribution in [3.8, 4) is 0 Å². The molecule has 0 fully saturated rings. The summed E-state index contributed by atoms with van der Waals surface area (Å²) in [7, 11) is 1.33. The Morgan fingerprint density at radius 3 is 2.50 bits per heavy atom. The van der Waals surface area contributed by atoms with Crippen molar-refractivity contribution in [2.75, 3.05) is 17.3 Å². The molecule has 0 spiro atoms. The molecule has 1 amide bonds. The van der Waals surface area contributed by atoms with Crippen LogP contribution in [0.15, 0.2) is 84.9 Å². The molecule has 166 valence electrons. The number of benzene rings is 3. The van der Waals surface area contributed by atoms with Gasteiger partial charge < -0.3 is 15.0 Å². The number of anilines is 2. The van der Waals surface area contributed by atoms with Gasteiger partial charge in [-0.2, -0.15) is 0 Å². The number of hydrogen-bond donors (Lipinski definition) is 2. The minimum absolute atomic E-state index is 0.153. The number of carbonyl (C=O) groups is 2. The Hall–Kier alpha value is -4.65. The third kappa shape index (κ3) is 3.02. The number of amides is 1. The second-order valence-corrected chi connectivity index (χ2v) is 8.08. The van der Waals surface area contributed by atoms with E-state index in [1.807, 2.05) is 72.8 Å². The molecule has 34 heavy (non-hydrogen) atoms. The number of H-pyrrole nitrogens is 1. The first-order valence-corrected chi connectivity index (χ1v) is 10.9. The zero-order valence-electron chi connectivity index (χ0n) is 18.3. The molecule has 3 heterocycles. The van der Waals surface area contributed by atoms with Gasteiger partial charge in [-0.1, -0.05) is 48.5 Å². The van der Waals surface area contributed by atoms with E-state index in [0.717, 1.165) is 21.8 Å². The fourth-order valence-electron chi connectivity index (χ4n) is 4.58. The van der Waals surface area contributed by atoms with Crippen LogP contribution >= 0.6 is 0 Å². The molecule has 5 aromatic rings. The highest BCUT2D eigenvalue weighted by molar-refractivity contribution is 6.14. The standard InChI is InChI=1S/C27H20N4O3/c1-34-27(33)22-15-19-17-11-5-7-13-20(17)28-23(19)24(29-22)25-30-21-14-8-6-12-18(21)26(32)31(25)16-9-3-2-4-10-16/h2-15,25,28,30H,1H3. The highest BCUT2D eigenvalue weighted by Gasteiger charge is 2.36. The highest BCUT2D eigenvalue weighted by Crippen LogP contribution is 2.39. The number of para-hydroxylation sites is 3. The van der Waals surface area contributed by atoms with Gasteiger partial charge in [0.05, 0.1) is 18.2 Å². The molecule has 1 atom stereocenters. The Morgan fingerprint density at radius 2 is 1.68 bits per heavy atom. The molecule has 2 aromatic heterocycles. The van der Waals surface area contributed by atoms with Gasteiger partial charge in [0.1, 0.15) is 11.4 Å². The number of hydrogen-bond acceptors (Lipinski definition) is 5. The number of ether oxygens (including phenoxy) is 1. The van der Waals surface area contributed by atoms with Crippen molar-refractivity contribution in [1.29, 1.82) is 0 Å². The van der Waals surface area contributed by atoms with Gasteiger partial charge in [0.2, 0.25) is 0 Å². The van der Waals surface area contributed by atoms with Crippen LogP contribution in [0.1, 0.15) is 32.7 Å². The summed E-state index contributed by atoms with van der Waals surface area (Å²) >= 11 is 0. The summed E-state index contributed by atoms with van der Waals surface area (Å²) in [5.41, 5.74) is 4.36. The van der Waals surface area contributed by atoms with Crippen LogP contribution in [0.5, 0.6) is 0 Å². The lowest BCUT2D eigenvalue weighted by Crippen LogP contribution is -2.43. The fraction of sp³-hybridized carbons (Fsp3) is 0.0741. The Balaban J connectivity index is 1.65. The number of carbonyl (C=O) groups excluding carboxylic acids is 2. The average molecular weight is 448 g/mol. The molecule has 1 unspecified atom stereocenters. The van der Waals surface area contributed by atoms with Crippen molar-refractivity contribution in [2.45, 2.75) is 6.17 Å². The van der Waals surface area contributed by atoms with E-state index >= 15 is 0 Å². The lowest BCUT2D eigenvalue weighted by Gasteiger charge is -2.37. The highest BCUT2D eigenvalue weighted by atomic mass is 16.5. The summed E-state index contributed by atoms with van der Waals surface area (Å²) in [6.07, 6.45) is -0.662. The molecule has 7 heteroatoms. The maximum atomic E-state index is 13.7. The van der Waals surface area contributed by atoms with Crippen LogP contribution in [0.4, 0.5) is 11.4 Å². The van der Waals surface area contributed by atoms with Gasteiger partial charge in [0.15, 0.2) is 6.17 Å². The zero-order valence-corrected chi connectivity index (χ0v) is 18.3. The van der Waals surface area contributed by atoms with Gasteiger partial charge in [-0.25, -0.2) is 9.78 Å². The number of methoxy groups -OCH3 is 1. The maximum Gasteiger partial charge on any atom is 0.356 e. The fourth-order valence-corrected chi connectivity index (χ4v) is 4.58. The second kappa shape index (κ2) is 7.74. The monoisotopic (exact) mass is 448 g/mol. The van der Waals surface area contributed by atoms with Crippen molar-refractivity contribution >= 4 is 45.1 Å². The molecule has 3 aromatic carbocycles. The lowest BCUT2D eigenvalue weighted by molar-refractivity contribution is 0.0594. The van der Waals surface area contributed by atoms with Crippen molar-refractivity contribution in [3.63, 3.8) is 0 Å². The molecule has 7 nitrogen and oxygen atoms in total. The summed E-state index contributed by atoms with van der Waals surface area (Å²) in [6, 6.07) is 26.4. The largest absolute Gasteiger partial charge is 0.464 e. The van der Waals surface area contributed by atoms with E-state index in [-0.39, 0.29) is 11.6 Å². The Kier molecular flexibility index (Phi) is 4.55. The van der Waals surface area contributed by atoms with E-state index in [9.17, 15) is 9.59 Å². The quantitative estimate of drug-likeness (QED) is 0.367. The van der Waals surface area contributed by atoms with Crippen LogP contribution in [0.3, 0.4) is 0 Å². The molecule has 0 saturated heterocycles. The summed E-state index contributed by atoms with van der Waals surface area (Å²) < 4.78 is 4.99. The molecular weight excluding hydrogens is 428 g/mol. The first kappa shape index (κ1) is 20.0. The third-order valence-electron chi connectivity index (χ3n) is 6.14. The Morgan fingerprint density at radius 1 is 0.941 bits per heavy atom. The number of aromatic nitrogens is 2. The summed E-state index contributed by atoms with van der Waals surface area (Å²) in [6.45, 7) is 0. The van der Waals surface area contributed by atoms with Crippen molar-refractivity contribution < 1.29 is 14.3 Å². The summed E-state index contributed by atoms with van der Waals surface area (Å²) in [5, 5.41) is 5.28. The number of nitrogens with zero attached hydrogens (tertiary/aromatic N) is 2. The zero-order chi connectivity index (χ0) is 23.2. The average Bonchev–Trinajstić information content (AvgIpc) is 3.27.